The lowest BCUT2D eigenvalue weighted by Gasteiger charge is -2.17. The van der Waals surface area contributed by atoms with Crippen LogP contribution in [0.25, 0.3) is 22.1 Å². The topological polar surface area (TPSA) is 154 Å². The van der Waals surface area contributed by atoms with Crippen LogP contribution in [0.15, 0.2) is 117 Å². The van der Waals surface area contributed by atoms with Crippen LogP contribution in [0.3, 0.4) is 0 Å². The maximum Gasteiger partial charge on any atom is 0.361 e. The van der Waals surface area contributed by atoms with E-state index in [1.165, 1.54) is 30.3 Å². The molecule has 40 heavy (non-hydrogen) atoms. The fourth-order valence-electron chi connectivity index (χ4n) is 3.99. The molecule has 0 N–H and O–H groups in total. The van der Waals surface area contributed by atoms with E-state index in [2.05, 4.69) is 0 Å². The standard InChI is InChI=1S/C27H18N2O9S2/c30-27-24(28(39(33)34)21-14-12-19(13-15-21)18-6-2-1-3-7-18)16-20-8-4-11-25(26(20)37-27)38-40(35,36)23-10-5-9-22(17-23)29(31)32/h1-17,39H. The monoisotopic (exact) mass is 578 g/mol. The van der Waals surface area contributed by atoms with E-state index < -0.39 is 42.1 Å². The highest BCUT2D eigenvalue weighted by atomic mass is 32.2. The lowest BCUT2D eigenvalue weighted by molar-refractivity contribution is -0.385. The van der Waals surface area contributed by atoms with Crippen molar-refractivity contribution in [2.24, 2.45) is 0 Å². The van der Waals surface area contributed by atoms with Gasteiger partial charge in [0.25, 0.3) is 5.69 Å². The van der Waals surface area contributed by atoms with E-state index in [1.807, 2.05) is 30.3 Å². The number of rotatable bonds is 8. The number of nitro benzene ring substituents is 1. The van der Waals surface area contributed by atoms with E-state index in [0.29, 0.717) is 0 Å². The Bertz CT molecular complexity index is 1980. The van der Waals surface area contributed by atoms with Crippen LogP contribution in [0, 0.1) is 10.1 Å². The van der Waals surface area contributed by atoms with Crippen LogP contribution in [-0.2, 0) is 21.0 Å². The average Bonchev–Trinajstić information content (AvgIpc) is 2.94. The van der Waals surface area contributed by atoms with Crippen molar-refractivity contribution in [2.45, 2.75) is 4.90 Å². The molecule has 0 radical (unpaired) electrons. The van der Waals surface area contributed by atoms with Crippen LogP contribution in [0.4, 0.5) is 17.1 Å². The van der Waals surface area contributed by atoms with Gasteiger partial charge in [0.1, 0.15) is 10.6 Å². The van der Waals surface area contributed by atoms with Gasteiger partial charge in [0.05, 0.1) is 10.6 Å². The Hall–Kier alpha value is -5.01. The van der Waals surface area contributed by atoms with Gasteiger partial charge in [0, 0.05) is 17.5 Å². The number of benzene rings is 4. The van der Waals surface area contributed by atoms with Gasteiger partial charge in [-0.3, -0.25) is 10.1 Å². The smallest absolute Gasteiger partial charge is 0.361 e. The Morgan fingerprint density at radius 2 is 1.50 bits per heavy atom. The summed E-state index contributed by atoms with van der Waals surface area (Å²) in [5, 5.41) is 11.2. The van der Waals surface area contributed by atoms with Crippen molar-refractivity contribution in [1.82, 2.24) is 0 Å². The highest BCUT2D eigenvalue weighted by Crippen LogP contribution is 2.33. The summed E-state index contributed by atoms with van der Waals surface area (Å²) < 4.78 is 61.5. The third kappa shape index (κ3) is 5.28. The summed E-state index contributed by atoms with van der Waals surface area (Å²) in [6, 6.07) is 25.6. The minimum absolute atomic E-state index is 0.170. The molecule has 0 atom stereocenters. The van der Waals surface area contributed by atoms with Gasteiger partial charge in [-0.2, -0.15) is 8.42 Å². The molecule has 202 valence electrons. The van der Waals surface area contributed by atoms with Crippen LogP contribution >= 0.6 is 0 Å². The molecule has 1 aromatic heterocycles. The summed E-state index contributed by atoms with van der Waals surface area (Å²) in [6.45, 7) is 0. The summed E-state index contributed by atoms with van der Waals surface area (Å²) in [7, 11) is -7.89. The summed E-state index contributed by atoms with van der Waals surface area (Å²) >= 11 is 0. The zero-order valence-corrected chi connectivity index (χ0v) is 22.0. The highest BCUT2D eigenvalue weighted by Gasteiger charge is 2.24. The number of nitrogens with zero attached hydrogens (tertiary/aromatic N) is 2. The number of fused-ring (bicyclic) bond motifs is 1. The molecule has 0 saturated carbocycles. The molecule has 0 bridgehead atoms. The van der Waals surface area contributed by atoms with Crippen molar-refractivity contribution in [2.75, 3.05) is 4.31 Å². The molecule has 0 spiro atoms. The molecule has 4 aromatic carbocycles. The fourth-order valence-corrected chi connectivity index (χ4v) is 5.60. The number of hydrogen-bond acceptors (Lipinski definition) is 9. The molecule has 0 aliphatic rings. The molecule has 0 amide bonds. The molecule has 0 unspecified atom stereocenters. The number of hydrogen-bond donors (Lipinski definition) is 1. The number of nitro groups is 1. The summed E-state index contributed by atoms with van der Waals surface area (Å²) in [5.74, 6) is -0.363. The van der Waals surface area contributed by atoms with Gasteiger partial charge in [0.15, 0.2) is 11.3 Å². The second-order valence-corrected chi connectivity index (χ2v) is 10.8. The van der Waals surface area contributed by atoms with E-state index in [-0.39, 0.29) is 28.1 Å². The fraction of sp³-hybridized carbons (Fsp3) is 0. The SMILES string of the molecule is O=c1oc2c(OS(=O)(=O)c3cccc([N+](=O)[O-])c3)cccc2cc1N(c1ccc(-c2ccccc2)cc1)[SH](=O)=O. The van der Waals surface area contributed by atoms with Crippen molar-refractivity contribution in [3.8, 4) is 16.9 Å². The van der Waals surface area contributed by atoms with E-state index in [0.717, 1.165) is 33.6 Å². The van der Waals surface area contributed by atoms with Crippen molar-refractivity contribution in [1.29, 1.82) is 0 Å². The summed E-state index contributed by atoms with van der Waals surface area (Å²) in [5.41, 5.74) is -0.165. The van der Waals surface area contributed by atoms with Crippen LogP contribution < -0.4 is 14.1 Å². The number of para-hydroxylation sites is 1. The van der Waals surface area contributed by atoms with E-state index in [4.69, 9.17) is 8.60 Å². The van der Waals surface area contributed by atoms with E-state index in [1.54, 1.807) is 24.3 Å². The third-order valence-electron chi connectivity index (χ3n) is 5.83. The molecule has 5 aromatic rings. The van der Waals surface area contributed by atoms with Crippen molar-refractivity contribution < 1.29 is 30.4 Å². The number of anilines is 2. The molecule has 0 aliphatic carbocycles. The number of non-ortho nitro benzene ring substituents is 1. The lowest BCUT2D eigenvalue weighted by Crippen LogP contribution is -2.21. The molecule has 0 saturated heterocycles. The Balaban J connectivity index is 1.53. The predicted molar refractivity (Wildman–Crippen MR) is 148 cm³/mol. The Labute approximate surface area is 228 Å². The van der Waals surface area contributed by atoms with Gasteiger partial charge >= 0.3 is 15.7 Å². The Morgan fingerprint density at radius 1 is 0.825 bits per heavy atom. The molecule has 0 aliphatic heterocycles. The zero-order valence-electron chi connectivity index (χ0n) is 20.2. The zero-order chi connectivity index (χ0) is 28.4. The normalized spacial score (nSPS) is 11.4. The minimum atomic E-state index is -4.56. The average molecular weight is 579 g/mol. The maximum atomic E-state index is 13.0. The first-order valence-corrected chi connectivity index (χ1v) is 14.0. The first-order chi connectivity index (χ1) is 19.1. The molecule has 0 fully saturated rings. The van der Waals surface area contributed by atoms with Gasteiger partial charge in [-0.05, 0) is 41.5 Å². The van der Waals surface area contributed by atoms with Crippen LogP contribution in [0.1, 0.15) is 0 Å². The second kappa shape index (κ2) is 10.6. The van der Waals surface area contributed by atoms with E-state index >= 15 is 0 Å². The largest absolute Gasteiger partial charge is 0.417 e. The van der Waals surface area contributed by atoms with Gasteiger partial charge in [-0.15, -0.1) is 0 Å². The van der Waals surface area contributed by atoms with Crippen LogP contribution in [0.2, 0.25) is 0 Å². The first-order valence-electron chi connectivity index (χ1n) is 11.5. The molecule has 11 nitrogen and oxygen atoms in total. The Kier molecular flexibility index (Phi) is 7.07. The molecular weight excluding hydrogens is 560 g/mol. The second-order valence-electron chi connectivity index (χ2n) is 8.35. The first kappa shape index (κ1) is 26.6. The van der Waals surface area contributed by atoms with Crippen molar-refractivity contribution in [3.63, 3.8) is 0 Å². The lowest BCUT2D eigenvalue weighted by atomic mass is 10.1. The predicted octanol–water partition coefficient (Wildman–Crippen LogP) is 4.80. The molecule has 1 heterocycles. The minimum Gasteiger partial charge on any atom is -0.417 e. The quantitative estimate of drug-likeness (QED) is 0.0899. The van der Waals surface area contributed by atoms with E-state index in [9.17, 15) is 31.7 Å². The van der Waals surface area contributed by atoms with Crippen molar-refractivity contribution >= 4 is 49.0 Å². The maximum absolute atomic E-state index is 13.0. The van der Waals surface area contributed by atoms with Crippen LogP contribution in [-0.4, -0.2) is 21.8 Å². The molecular formula is C27H18N2O9S2. The number of thiol groups is 1. The third-order valence-corrected chi connectivity index (χ3v) is 7.84. The molecule has 13 heteroatoms. The van der Waals surface area contributed by atoms with Gasteiger partial charge in [-0.25, -0.2) is 17.5 Å². The highest BCUT2D eigenvalue weighted by molar-refractivity contribution is 7.87. The van der Waals surface area contributed by atoms with Crippen LogP contribution in [0.5, 0.6) is 5.75 Å². The van der Waals surface area contributed by atoms with Gasteiger partial charge in [-0.1, -0.05) is 60.7 Å². The van der Waals surface area contributed by atoms with Crippen molar-refractivity contribution in [3.05, 3.63) is 124 Å². The molecule has 5 rings (SSSR count). The summed E-state index contributed by atoms with van der Waals surface area (Å²) in [6.07, 6.45) is 0. The summed E-state index contributed by atoms with van der Waals surface area (Å²) in [4.78, 5) is 22.8. The van der Waals surface area contributed by atoms with Gasteiger partial charge in [0.2, 0.25) is 10.9 Å². The van der Waals surface area contributed by atoms with Gasteiger partial charge < -0.3 is 8.60 Å². The Morgan fingerprint density at radius 3 is 2.17 bits per heavy atom.